The fourth-order valence-electron chi connectivity index (χ4n) is 3.57. The number of para-hydroxylation sites is 1. The van der Waals surface area contributed by atoms with Crippen LogP contribution in [0.3, 0.4) is 0 Å². The van der Waals surface area contributed by atoms with E-state index in [1.165, 1.54) is 16.4 Å². The van der Waals surface area contributed by atoms with Crippen molar-refractivity contribution in [3.63, 3.8) is 0 Å². The molecular weight excluding hydrogens is 381 g/mol. The molecule has 0 unspecified atom stereocenters. The molecule has 3 aromatic rings. The van der Waals surface area contributed by atoms with Crippen molar-refractivity contribution in [3.8, 4) is 0 Å². The lowest BCUT2D eigenvalue weighted by Crippen LogP contribution is -2.50. The summed E-state index contributed by atoms with van der Waals surface area (Å²) in [5.41, 5.74) is 1.59. The lowest BCUT2D eigenvalue weighted by Gasteiger charge is -2.34. The smallest absolute Gasteiger partial charge is 0.256 e. The highest BCUT2D eigenvalue weighted by Crippen LogP contribution is 2.23. The molecule has 1 aromatic heterocycles. The van der Waals surface area contributed by atoms with Crippen molar-refractivity contribution in [1.82, 2.24) is 13.8 Å². The minimum absolute atomic E-state index is 0.0581. The van der Waals surface area contributed by atoms with Gasteiger partial charge in [-0.3, -0.25) is 4.79 Å². The lowest BCUT2D eigenvalue weighted by molar-refractivity contribution is 0.0699. The second-order valence-corrected chi connectivity index (χ2v) is 8.76. The Hall–Kier alpha value is -2.71. The van der Waals surface area contributed by atoms with E-state index in [0.29, 0.717) is 18.7 Å². The topological polar surface area (TPSA) is 62.6 Å². The number of carbonyl (C=O) groups is 1. The minimum atomic E-state index is -3.70. The molecule has 0 saturated carbocycles. The Morgan fingerprint density at radius 3 is 2.29 bits per heavy atom. The van der Waals surface area contributed by atoms with Gasteiger partial charge in [0.1, 0.15) is 5.82 Å². The summed E-state index contributed by atoms with van der Waals surface area (Å²) in [5.74, 6) is -0.583. The van der Waals surface area contributed by atoms with Gasteiger partial charge in [-0.15, -0.1) is 0 Å². The zero-order chi connectivity index (χ0) is 19.9. The Morgan fingerprint density at radius 2 is 1.61 bits per heavy atom. The maximum Gasteiger partial charge on any atom is 0.256 e. The molecule has 1 amide bonds. The number of nitrogens with zero attached hydrogens (tertiary/aromatic N) is 3. The van der Waals surface area contributed by atoms with Crippen molar-refractivity contribution in [2.45, 2.75) is 4.90 Å². The standard InChI is InChI=1S/C20H20FN3O3S/c1-22-14-18(17-4-2-3-5-19(17)22)20(25)23-10-12-24(13-11-23)28(26,27)16-8-6-15(21)7-9-16/h2-9,14H,10-13H2,1H3. The maximum absolute atomic E-state index is 13.1. The molecule has 0 N–H and O–H groups in total. The average Bonchev–Trinajstić information content (AvgIpc) is 3.05. The van der Waals surface area contributed by atoms with Gasteiger partial charge in [-0.25, -0.2) is 12.8 Å². The quantitative estimate of drug-likeness (QED) is 0.677. The van der Waals surface area contributed by atoms with Crippen molar-refractivity contribution in [2.24, 2.45) is 7.05 Å². The van der Waals surface area contributed by atoms with E-state index in [4.69, 9.17) is 0 Å². The van der Waals surface area contributed by atoms with E-state index in [1.54, 1.807) is 4.90 Å². The third-order valence-electron chi connectivity index (χ3n) is 5.10. The third-order valence-corrected chi connectivity index (χ3v) is 7.02. The SMILES string of the molecule is Cn1cc(C(=O)N2CCN(S(=O)(=O)c3ccc(F)cc3)CC2)c2ccccc21. The first-order chi connectivity index (χ1) is 13.4. The van der Waals surface area contributed by atoms with Gasteiger partial charge in [0.05, 0.1) is 10.5 Å². The fraction of sp³-hybridized carbons (Fsp3) is 0.250. The van der Waals surface area contributed by atoms with Gasteiger partial charge in [0, 0.05) is 50.3 Å². The third kappa shape index (κ3) is 3.18. The van der Waals surface area contributed by atoms with Gasteiger partial charge in [-0.1, -0.05) is 18.2 Å². The van der Waals surface area contributed by atoms with Crippen molar-refractivity contribution in [2.75, 3.05) is 26.2 Å². The predicted molar refractivity (Wildman–Crippen MR) is 104 cm³/mol. The first-order valence-corrected chi connectivity index (χ1v) is 10.4. The number of halogens is 1. The molecule has 1 aliphatic rings. The molecule has 1 fully saturated rings. The van der Waals surface area contributed by atoms with Crippen LogP contribution in [0.4, 0.5) is 4.39 Å². The second kappa shape index (κ2) is 7.03. The Kier molecular flexibility index (Phi) is 4.68. The van der Waals surface area contributed by atoms with E-state index in [0.717, 1.165) is 23.0 Å². The lowest BCUT2D eigenvalue weighted by atomic mass is 10.1. The zero-order valence-corrected chi connectivity index (χ0v) is 16.2. The molecule has 0 spiro atoms. The largest absolute Gasteiger partial charge is 0.350 e. The van der Waals surface area contributed by atoms with Crippen molar-refractivity contribution in [1.29, 1.82) is 0 Å². The predicted octanol–water partition coefficient (Wildman–Crippen LogP) is 2.46. The van der Waals surface area contributed by atoms with E-state index >= 15 is 0 Å². The molecule has 1 saturated heterocycles. The number of aryl methyl sites for hydroxylation is 1. The Balaban J connectivity index is 1.51. The molecule has 6 nitrogen and oxygen atoms in total. The van der Waals surface area contributed by atoms with Crippen LogP contribution in [-0.4, -0.2) is 54.3 Å². The van der Waals surface area contributed by atoms with Crippen LogP contribution in [0.25, 0.3) is 10.9 Å². The maximum atomic E-state index is 13.1. The molecule has 0 radical (unpaired) electrons. The summed E-state index contributed by atoms with van der Waals surface area (Å²) in [4.78, 5) is 14.7. The van der Waals surface area contributed by atoms with Crippen LogP contribution in [0.5, 0.6) is 0 Å². The minimum Gasteiger partial charge on any atom is -0.350 e. The van der Waals surface area contributed by atoms with Gasteiger partial charge >= 0.3 is 0 Å². The van der Waals surface area contributed by atoms with Crippen LogP contribution >= 0.6 is 0 Å². The van der Waals surface area contributed by atoms with E-state index in [2.05, 4.69) is 0 Å². The Bertz CT molecular complexity index is 1130. The molecule has 2 heterocycles. The van der Waals surface area contributed by atoms with Crippen LogP contribution in [0.2, 0.25) is 0 Å². The van der Waals surface area contributed by atoms with Crippen molar-refractivity contribution in [3.05, 3.63) is 66.1 Å². The van der Waals surface area contributed by atoms with Crippen molar-refractivity contribution < 1.29 is 17.6 Å². The molecule has 0 atom stereocenters. The van der Waals surface area contributed by atoms with E-state index in [1.807, 2.05) is 42.1 Å². The molecule has 2 aromatic carbocycles. The van der Waals surface area contributed by atoms with Gasteiger partial charge in [0.15, 0.2) is 0 Å². The second-order valence-electron chi connectivity index (χ2n) is 6.82. The van der Waals surface area contributed by atoms with Gasteiger partial charge in [-0.2, -0.15) is 4.31 Å². The van der Waals surface area contributed by atoms with Crippen LogP contribution < -0.4 is 0 Å². The molecule has 8 heteroatoms. The van der Waals surface area contributed by atoms with Crippen LogP contribution in [0.1, 0.15) is 10.4 Å². The van der Waals surface area contributed by atoms with E-state index in [9.17, 15) is 17.6 Å². The number of rotatable bonds is 3. The normalized spacial score (nSPS) is 15.9. The Morgan fingerprint density at radius 1 is 0.964 bits per heavy atom. The first-order valence-electron chi connectivity index (χ1n) is 8.97. The highest BCUT2D eigenvalue weighted by atomic mass is 32.2. The number of piperazine rings is 1. The molecule has 28 heavy (non-hydrogen) atoms. The number of fused-ring (bicyclic) bond motifs is 1. The monoisotopic (exact) mass is 401 g/mol. The summed E-state index contributed by atoms with van der Waals surface area (Å²) >= 11 is 0. The summed E-state index contributed by atoms with van der Waals surface area (Å²) < 4.78 is 41.8. The van der Waals surface area contributed by atoms with E-state index < -0.39 is 15.8 Å². The number of benzene rings is 2. The molecular formula is C20H20FN3O3S. The number of carbonyl (C=O) groups excluding carboxylic acids is 1. The number of sulfonamides is 1. The molecule has 4 rings (SSSR count). The summed E-state index contributed by atoms with van der Waals surface area (Å²) in [6, 6.07) is 12.5. The molecule has 0 aliphatic carbocycles. The summed E-state index contributed by atoms with van der Waals surface area (Å²) in [5, 5.41) is 0.886. The van der Waals surface area contributed by atoms with Crippen LogP contribution in [0.15, 0.2) is 59.6 Å². The average molecular weight is 401 g/mol. The first kappa shape index (κ1) is 18.6. The fourth-order valence-corrected chi connectivity index (χ4v) is 4.99. The number of hydrogen-bond acceptors (Lipinski definition) is 3. The highest BCUT2D eigenvalue weighted by Gasteiger charge is 2.31. The summed E-state index contributed by atoms with van der Waals surface area (Å²) in [6.07, 6.45) is 1.81. The molecule has 146 valence electrons. The summed E-state index contributed by atoms with van der Waals surface area (Å²) in [7, 11) is -1.80. The van der Waals surface area contributed by atoms with Crippen LogP contribution in [0, 0.1) is 5.82 Å². The number of aromatic nitrogens is 1. The van der Waals surface area contributed by atoms with Gasteiger partial charge < -0.3 is 9.47 Å². The summed E-state index contributed by atoms with van der Waals surface area (Å²) in [6.45, 7) is 1.03. The van der Waals surface area contributed by atoms with Crippen LogP contribution in [-0.2, 0) is 17.1 Å². The number of hydrogen-bond donors (Lipinski definition) is 0. The van der Waals surface area contributed by atoms with Crippen molar-refractivity contribution >= 4 is 26.8 Å². The van der Waals surface area contributed by atoms with Gasteiger partial charge in [0.25, 0.3) is 5.91 Å². The molecule has 0 bridgehead atoms. The zero-order valence-electron chi connectivity index (χ0n) is 15.4. The number of amides is 1. The highest BCUT2D eigenvalue weighted by molar-refractivity contribution is 7.89. The molecule has 1 aliphatic heterocycles. The van der Waals surface area contributed by atoms with E-state index in [-0.39, 0.29) is 23.9 Å². The van der Waals surface area contributed by atoms with Gasteiger partial charge in [0.2, 0.25) is 10.0 Å². The Labute approximate surface area is 162 Å². The van der Waals surface area contributed by atoms with Gasteiger partial charge in [-0.05, 0) is 30.3 Å².